The molecule has 0 aromatic rings. The second-order valence-corrected chi connectivity index (χ2v) is 3.74. The van der Waals surface area contributed by atoms with Crippen molar-refractivity contribution in [2.75, 3.05) is 6.54 Å². The molecule has 5 heteroatoms. The number of hydrogen-bond acceptors (Lipinski definition) is 3. The highest BCUT2D eigenvalue weighted by Crippen LogP contribution is 2.08. The standard InChI is InChI=1S/C10H19N3O2/c1-8(11)13-7-5-3-4-6-10(2,12)9(14)15/h3,5H,4,6-7,12H2,1-2H3,(H2,11,13)(H,14,15)/b5-3+/t10-/m0/s1. The molecule has 0 aliphatic heterocycles. The molecule has 0 saturated heterocycles. The molecule has 0 bridgehead atoms. The normalized spacial score (nSPS) is 14.9. The molecule has 86 valence electrons. The van der Waals surface area contributed by atoms with E-state index in [2.05, 4.69) is 5.32 Å². The minimum Gasteiger partial charge on any atom is -0.480 e. The quantitative estimate of drug-likeness (QED) is 0.296. The van der Waals surface area contributed by atoms with Crippen LogP contribution >= 0.6 is 0 Å². The van der Waals surface area contributed by atoms with Crippen molar-refractivity contribution in [3.8, 4) is 0 Å². The number of amidine groups is 1. The number of allylic oxidation sites excluding steroid dienone is 1. The molecule has 0 unspecified atom stereocenters. The first-order valence-corrected chi connectivity index (χ1v) is 4.82. The topological polar surface area (TPSA) is 99.2 Å². The molecule has 0 aromatic carbocycles. The second kappa shape index (κ2) is 6.19. The largest absolute Gasteiger partial charge is 0.480 e. The summed E-state index contributed by atoms with van der Waals surface area (Å²) in [5, 5.41) is 18.6. The Balaban J connectivity index is 3.70. The van der Waals surface area contributed by atoms with Gasteiger partial charge in [0.2, 0.25) is 0 Å². The molecule has 0 radical (unpaired) electrons. The molecule has 0 fully saturated rings. The molecule has 0 amide bonds. The van der Waals surface area contributed by atoms with Gasteiger partial charge in [0.05, 0.1) is 5.84 Å². The maximum absolute atomic E-state index is 10.6. The summed E-state index contributed by atoms with van der Waals surface area (Å²) in [7, 11) is 0. The van der Waals surface area contributed by atoms with Gasteiger partial charge in [-0.25, -0.2) is 0 Å². The van der Waals surface area contributed by atoms with Gasteiger partial charge < -0.3 is 16.2 Å². The summed E-state index contributed by atoms with van der Waals surface area (Å²) in [6.07, 6.45) is 4.75. The Morgan fingerprint density at radius 3 is 2.67 bits per heavy atom. The van der Waals surface area contributed by atoms with Crippen LogP contribution in [0, 0.1) is 5.41 Å². The van der Waals surface area contributed by atoms with E-state index in [0.29, 0.717) is 25.2 Å². The Morgan fingerprint density at radius 1 is 1.60 bits per heavy atom. The molecule has 0 aromatic heterocycles. The minimum atomic E-state index is -1.16. The third-order valence-corrected chi connectivity index (χ3v) is 1.97. The zero-order valence-electron chi connectivity index (χ0n) is 9.21. The molecule has 0 aliphatic carbocycles. The highest BCUT2D eigenvalue weighted by molar-refractivity contribution is 5.77. The van der Waals surface area contributed by atoms with Crippen LogP contribution in [-0.2, 0) is 4.79 Å². The summed E-state index contributed by atoms with van der Waals surface area (Å²) in [5.74, 6) is -0.571. The van der Waals surface area contributed by atoms with E-state index in [-0.39, 0.29) is 0 Å². The van der Waals surface area contributed by atoms with Gasteiger partial charge in [0.25, 0.3) is 0 Å². The van der Waals surface area contributed by atoms with Crippen LogP contribution < -0.4 is 11.1 Å². The molecule has 0 saturated carbocycles. The average molecular weight is 213 g/mol. The van der Waals surface area contributed by atoms with E-state index in [9.17, 15) is 4.79 Å². The highest BCUT2D eigenvalue weighted by Gasteiger charge is 2.26. The van der Waals surface area contributed by atoms with Gasteiger partial charge in [-0.1, -0.05) is 12.2 Å². The Labute approximate surface area is 89.9 Å². The maximum atomic E-state index is 10.6. The number of aliphatic carboxylic acids is 1. The van der Waals surface area contributed by atoms with Crippen molar-refractivity contribution in [1.82, 2.24) is 5.32 Å². The van der Waals surface area contributed by atoms with Crippen molar-refractivity contribution in [3.63, 3.8) is 0 Å². The number of nitrogens with one attached hydrogen (secondary N) is 2. The van der Waals surface area contributed by atoms with Crippen LogP contribution in [0.5, 0.6) is 0 Å². The predicted octanol–water partition coefficient (Wildman–Crippen LogP) is 0.712. The summed E-state index contributed by atoms with van der Waals surface area (Å²) in [6, 6.07) is 0. The maximum Gasteiger partial charge on any atom is 0.323 e. The second-order valence-electron chi connectivity index (χ2n) is 3.74. The number of nitrogens with two attached hydrogens (primary N) is 1. The first-order valence-electron chi connectivity index (χ1n) is 4.82. The lowest BCUT2D eigenvalue weighted by Gasteiger charge is -2.17. The Bertz CT molecular complexity index is 259. The van der Waals surface area contributed by atoms with E-state index >= 15 is 0 Å². The van der Waals surface area contributed by atoms with Gasteiger partial charge >= 0.3 is 5.97 Å². The van der Waals surface area contributed by atoms with Crippen molar-refractivity contribution >= 4 is 11.8 Å². The van der Waals surface area contributed by atoms with Gasteiger partial charge in [0.1, 0.15) is 5.54 Å². The van der Waals surface area contributed by atoms with Gasteiger partial charge in [-0.3, -0.25) is 10.2 Å². The van der Waals surface area contributed by atoms with Gasteiger partial charge in [-0.05, 0) is 26.7 Å². The van der Waals surface area contributed by atoms with E-state index in [4.69, 9.17) is 16.2 Å². The molecule has 0 spiro atoms. The summed E-state index contributed by atoms with van der Waals surface area (Å²) < 4.78 is 0. The fraction of sp³-hybridized carbons (Fsp3) is 0.600. The van der Waals surface area contributed by atoms with Crippen LogP contribution in [0.2, 0.25) is 0 Å². The summed E-state index contributed by atoms with van der Waals surface area (Å²) >= 11 is 0. The zero-order valence-corrected chi connectivity index (χ0v) is 9.21. The fourth-order valence-electron chi connectivity index (χ4n) is 0.903. The molecule has 0 aliphatic rings. The zero-order chi connectivity index (χ0) is 11.9. The minimum absolute atomic E-state index is 0.405. The lowest BCUT2D eigenvalue weighted by atomic mass is 9.97. The molecule has 5 nitrogen and oxygen atoms in total. The number of carbonyl (C=O) groups is 1. The Morgan fingerprint density at radius 2 is 2.20 bits per heavy atom. The highest BCUT2D eigenvalue weighted by atomic mass is 16.4. The number of rotatable bonds is 6. The average Bonchev–Trinajstić information content (AvgIpc) is 2.10. The number of hydrogen-bond donors (Lipinski definition) is 4. The molecule has 0 rings (SSSR count). The van der Waals surface area contributed by atoms with Crippen molar-refractivity contribution in [3.05, 3.63) is 12.2 Å². The number of carboxylic acid groups (broad SMARTS) is 1. The fourth-order valence-corrected chi connectivity index (χ4v) is 0.903. The van der Waals surface area contributed by atoms with E-state index in [1.807, 2.05) is 12.2 Å². The van der Waals surface area contributed by atoms with E-state index in [1.165, 1.54) is 6.92 Å². The van der Waals surface area contributed by atoms with Crippen LogP contribution in [0.1, 0.15) is 26.7 Å². The van der Waals surface area contributed by atoms with Crippen LogP contribution in [0.4, 0.5) is 0 Å². The van der Waals surface area contributed by atoms with Crippen molar-refractivity contribution in [2.45, 2.75) is 32.2 Å². The first kappa shape index (κ1) is 13.6. The third kappa shape index (κ3) is 6.68. The monoisotopic (exact) mass is 213 g/mol. The third-order valence-electron chi connectivity index (χ3n) is 1.97. The molecule has 5 N–H and O–H groups in total. The number of carboxylic acids is 1. The first-order chi connectivity index (χ1) is 6.86. The summed E-state index contributed by atoms with van der Waals surface area (Å²) in [6.45, 7) is 3.75. The molecule has 1 atom stereocenters. The van der Waals surface area contributed by atoms with Gasteiger partial charge in [0, 0.05) is 6.54 Å². The molecular weight excluding hydrogens is 194 g/mol. The van der Waals surface area contributed by atoms with Crippen LogP contribution in [0.25, 0.3) is 0 Å². The smallest absolute Gasteiger partial charge is 0.323 e. The SMILES string of the molecule is CC(=N)NC/C=C/CC[C@](C)(N)C(=O)O. The van der Waals surface area contributed by atoms with Gasteiger partial charge in [0.15, 0.2) is 0 Å². The van der Waals surface area contributed by atoms with Crippen molar-refractivity contribution in [2.24, 2.45) is 5.73 Å². The van der Waals surface area contributed by atoms with E-state index < -0.39 is 11.5 Å². The Hall–Kier alpha value is -1.36. The summed E-state index contributed by atoms with van der Waals surface area (Å²) in [5.41, 5.74) is 4.38. The van der Waals surface area contributed by atoms with Gasteiger partial charge in [-0.2, -0.15) is 0 Å². The van der Waals surface area contributed by atoms with Gasteiger partial charge in [-0.15, -0.1) is 0 Å². The lowest BCUT2D eigenvalue weighted by Crippen LogP contribution is -2.44. The van der Waals surface area contributed by atoms with E-state index in [0.717, 1.165) is 0 Å². The summed E-state index contributed by atoms with van der Waals surface area (Å²) in [4.78, 5) is 10.6. The molecular formula is C10H19N3O2. The molecule has 0 heterocycles. The van der Waals surface area contributed by atoms with Crippen molar-refractivity contribution in [1.29, 1.82) is 5.41 Å². The van der Waals surface area contributed by atoms with Crippen molar-refractivity contribution < 1.29 is 9.90 Å². The molecule has 15 heavy (non-hydrogen) atoms. The van der Waals surface area contributed by atoms with Crippen LogP contribution in [0.3, 0.4) is 0 Å². The lowest BCUT2D eigenvalue weighted by molar-refractivity contribution is -0.142. The van der Waals surface area contributed by atoms with E-state index in [1.54, 1.807) is 6.92 Å². The predicted molar refractivity (Wildman–Crippen MR) is 60.0 cm³/mol. The van der Waals surface area contributed by atoms with Crippen LogP contribution in [-0.4, -0.2) is 29.0 Å². The Kier molecular flexibility index (Phi) is 5.62. The van der Waals surface area contributed by atoms with Crippen LogP contribution in [0.15, 0.2) is 12.2 Å².